The molecule has 3 aromatic carbocycles. The minimum atomic E-state index is -1.31. The van der Waals surface area contributed by atoms with E-state index >= 15 is 4.79 Å². The summed E-state index contributed by atoms with van der Waals surface area (Å²) in [7, 11) is 1.73. The first-order valence-corrected chi connectivity index (χ1v) is 18.5. The summed E-state index contributed by atoms with van der Waals surface area (Å²) in [5.41, 5.74) is 1.75. The SMILES string of the molecule is CCN1C(=O)C2CC=C3C(CC4C(=O)N(c5cc(-c6sc7ccc(Cl)cc7c6C)nn5C)C(=O)C4(C)C3c3c(O)ccc4ccccc34)C2C1=O. The number of fused-ring (bicyclic) bond motifs is 6. The van der Waals surface area contributed by atoms with Crippen molar-refractivity contribution in [3.8, 4) is 16.3 Å². The minimum absolute atomic E-state index is 0.0215. The average Bonchev–Trinajstić information content (AvgIpc) is 3.78. The van der Waals surface area contributed by atoms with Crippen LogP contribution < -0.4 is 4.90 Å². The monoisotopic (exact) mass is 718 g/mol. The van der Waals surface area contributed by atoms with Gasteiger partial charge in [-0.3, -0.25) is 28.8 Å². The minimum Gasteiger partial charge on any atom is -0.508 e. The molecule has 6 unspecified atom stereocenters. The maximum atomic E-state index is 15.2. The van der Waals surface area contributed by atoms with Gasteiger partial charge < -0.3 is 5.11 Å². The number of anilines is 1. The number of hydrogen-bond donors (Lipinski definition) is 1. The number of thiophene rings is 1. The fourth-order valence-electron chi connectivity index (χ4n) is 9.72. The summed E-state index contributed by atoms with van der Waals surface area (Å²) in [4.78, 5) is 60.9. The van der Waals surface area contributed by atoms with Crippen molar-refractivity contribution in [2.24, 2.45) is 36.1 Å². The molecule has 5 aromatic rings. The average molecular weight is 719 g/mol. The van der Waals surface area contributed by atoms with Gasteiger partial charge in [-0.1, -0.05) is 53.6 Å². The fourth-order valence-corrected chi connectivity index (χ4v) is 11.0. The molecule has 51 heavy (non-hydrogen) atoms. The molecule has 2 saturated heterocycles. The smallest absolute Gasteiger partial charge is 0.242 e. The van der Waals surface area contributed by atoms with Crippen LogP contribution in [0.4, 0.5) is 5.82 Å². The standard InChI is InChI=1S/C40H35ClN4O5S/c1-5-44-36(47)24-13-12-23-26(32(24)38(44)49)17-27-37(48)45(31-18-28(42-43(31)4)35-19(2)25-16-21(41)11-15-30(25)51-35)39(50)40(27,3)34(23)33-22-9-7-6-8-20(22)10-14-29(33)46/h6-12,14-16,18,24,26-27,32,34,46H,5,13,17H2,1-4H3. The number of halogens is 1. The van der Waals surface area contributed by atoms with Gasteiger partial charge in [-0.25, -0.2) is 4.90 Å². The Morgan fingerprint density at radius 1 is 0.980 bits per heavy atom. The van der Waals surface area contributed by atoms with E-state index in [1.165, 1.54) is 9.80 Å². The molecule has 3 fully saturated rings. The molecular formula is C40H35ClN4O5S. The molecule has 2 aromatic heterocycles. The van der Waals surface area contributed by atoms with Crippen LogP contribution >= 0.6 is 22.9 Å². The molecule has 0 bridgehead atoms. The third-order valence-corrected chi connectivity index (χ3v) is 13.7. The zero-order valence-corrected chi connectivity index (χ0v) is 30.1. The van der Waals surface area contributed by atoms with E-state index in [-0.39, 0.29) is 42.3 Å². The molecule has 9 rings (SSSR count). The predicted octanol–water partition coefficient (Wildman–Crippen LogP) is 7.37. The summed E-state index contributed by atoms with van der Waals surface area (Å²) < 4.78 is 2.63. The number of nitrogens with zero attached hydrogens (tertiary/aromatic N) is 4. The second-order valence-corrected chi connectivity index (χ2v) is 16.0. The molecule has 4 aliphatic rings. The first kappa shape index (κ1) is 32.1. The van der Waals surface area contributed by atoms with Crippen molar-refractivity contribution in [2.45, 2.75) is 39.5 Å². The van der Waals surface area contributed by atoms with Gasteiger partial charge in [0.2, 0.25) is 23.6 Å². The second kappa shape index (κ2) is 11.1. The van der Waals surface area contributed by atoms with E-state index in [1.807, 2.05) is 68.5 Å². The highest BCUT2D eigenvalue weighted by atomic mass is 35.5. The van der Waals surface area contributed by atoms with E-state index in [0.717, 1.165) is 36.9 Å². The molecule has 1 saturated carbocycles. The number of carbonyl (C=O) groups is 4. The van der Waals surface area contributed by atoms with Gasteiger partial charge in [0.1, 0.15) is 17.3 Å². The van der Waals surface area contributed by atoms with Crippen LogP contribution in [0.15, 0.2) is 72.3 Å². The van der Waals surface area contributed by atoms with Crippen molar-refractivity contribution < 1.29 is 24.3 Å². The van der Waals surface area contributed by atoms with E-state index in [1.54, 1.807) is 42.1 Å². The van der Waals surface area contributed by atoms with Crippen LogP contribution in [0.25, 0.3) is 31.4 Å². The molecule has 0 spiro atoms. The van der Waals surface area contributed by atoms with Crippen LogP contribution in [-0.4, -0.2) is 50.0 Å². The van der Waals surface area contributed by atoms with Gasteiger partial charge in [-0.05, 0) is 85.5 Å². The maximum absolute atomic E-state index is 15.2. The number of aryl methyl sites for hydroxylation is 2. The highest BCUT2D eigenvalue weighted by Crippen LogP contribution is 2.65. The normalized spacial score (nSPS) is 27.4. The Bertz CT molecular complexity index is 2430. The fraction of sp³-hybridized carbons (Fsp3) is 0.325. The third-order valence-electron chi connectivity index (χ3n) is 12.1. The summed E-state index contributed by atoms with van der Waals surface area (Å²) in [6.07, 6.45) is 2.61. The molecule has 11 heteroatoms. The van der Waals surface area contributed by atoms with Gasteiger partial charge in [0, 0.05) is 40.9 Å². The number of imide groups is 2. The van der Waals surface area contributed by atoms with E-state index in [0.29, 0.717) is 28.5 Å². The molecule has 258 valence electrons. The lowest BCUT2D eigenvalue weighted by Gasteiger charge is -2.49. The summed E-state index contributed by atoms with van der Waals surface area (Å²) in [5.74, 6) is -3.93. The Balaban J connectivity index is 1.22. The van der Waals surface area contributed by atoms with Gasteiger partial charge in [-0.2, -0.15) is 5.10 Å². The van der Waals surface area contributed by atoms with Gasteiger partial charge in [0.15, 0.2) is 0 Å². The number of amides is 4. The van der Waals surface area contributed by atoms with Crippen molar-refractivity contribution in [1.29, 1.82) is 0 Å². The topological polar surface area (TPSA) is 113 Å². The van der Waals surface area contributed by atoms with Crippen molar-refractivity contribution in [1.82, 2.24) is 14.7 Å². The lowest BCUT2D eigenvalue weighted by Crippen LogP contribution is -2.49. The molecule has 4 amide bonds. The Labute approximate surface area is 303 Å². The Hall–Kier alpha value is -4.80. The molecular weight excluding hydrogens is 684 g/mol. The van der Waals surface area contributed by atoms with Crippen molar-refractivity contribution in [3.63, 3.8) is 0 Å². The van der Waals surface area contributed by atoms with E-state index in [4.69, 9.17) is 16.7 Å². The first-order valence-electron chi connectivity index (χ1n) is 17.3. The number of carbonyl (C=O) groups excluding carboxylic acids is 4. The molecule has 1 N–H and O–H groups in total. The maximum Gasteiger partial charge on any atom is 0.242 e. The molecule has 2 aliphatic carbocycles. The number of hydrogen-bond acceptors (Lipinski definition) is 7. The second-order valence-electron chi connectivity index (χ2n) is 14.5. The number of likely N-dealkylation sites (tertiary alicyclic amines) is 1. The molecule has 4 heterocycles. The third kappa shape index (κ3) is 4.23. The number of phenols is 1. The summed E-state index contributed by atoms with van der Waals surface area (Å²) in [5, 5.41) is 19.8. The quantitative estimate of drug-likeness (QED) is 0.153. The van der Waals surface area contributed by atoms with Crippen LogP contribution in [0.2, 0.25) is 5.02 Å². The summed E-state index contributed by atoms with van der Waals surface area (Å²) in [6.45, 7) is 5.93. The number of aromatic nitrogens is 2. The number of aromatic hydroxyl groups is 1. The Morgan fingerprint density at radius 3 is 2.55 bits per heavy atom. The largest absolute Gasteiger partial charge is 0.508 e. The Morgan fingerprint density at radius 2 is 1.76 bits per heavy atom. The number of phenolic OH excluding ortho intramolecular Hbond substituents is 1. The van der Waals surface area contributed by atoms with E-state index in [2.05, 4.69) is 0 Å². The molecule has 2 aliphatic heterocycles. The van der Waals surface area contributed by atoms with Gasteiger partial charge >= 0.3 is 0 Å². The first-order chi connectivity index (χ1) is 24.4. The lowest BCUT2D eigenvalue weighted by molar-refractivity contribution is -0.140. The van der Waals surface area contributed by atoms with Crippen LogP contribution in [0.1, 0.15) is 43.7 Å². The number of rotatable bonds is 4. The zero-order chi connectivity index (χ0) is 35.7. The number of benzene rings is 3. The zero-order valence-electron chi connectivity index (χ0n) is 28.5. The highest BCUT2D eigenvalue weighted by molar-refractivity contribution is 7.22. The van der Waals surface area contributed by atoms with Gasteiger partial charge in [0.25, 0.3) is 0 Å². The van der Waals surface area contributed by atoms with Crippen LogP contribution in [0, 0.1) is 36.0 Å². The molecule has 0 radical (unpaired) electrons. The van der Waals surface area contributed by atoms with Crippen LogP contribution in [-0.2, 0) is 26.2 Å². The van der Waals surface area contributed by atoms with Crippen LogP contribution in [0.5, 0.6) is 5.75 Å². The van der Waals surface area contributed by atoms with Gasteiger partial charge in [-0.15, -0.1) is 11.3 Å². The van der Waals surface area contributed by atoms with Gasteiger partial charge in [0.05, 0.1) is 28.0 Å². The lowest BCUT2D eigenvalue weighted by atomic mass is 9.51. The van der Waals surface area contributed by atoms with Crippen LogP contribution in [0.3, 0.4) is 0 Å². The van der Waals surface area contributed by atoms with Crippen molar-refractivity contribution in [2.75, 3.05) is 11.4 Å². The van der Waals surface area contributed by atoms with Crippen molar-refractivity contribution in [3.05, 3.63) is 88.5 Å². The van der Waals surface area contributed by atoms with E-state index in [9.17, 15) is 19.5 Å². The molecule has 6 atom stereocenters. The van der Waals surface area contributed by atoms with E-state index < -0.39 is 35.0 Å². The Kier molecular flexibility index (Phi) is 6.99. The summed E-state index contributed by atoms with van der Waals surface area (Å²) in [6, 6.07) is 18.7. The van der Waals surface area contributed by atoms with Crippen molar-refractivity contribution >= 4 is 73.2 Å². The molecule has 9 nitrogen and oxygen atoms in total. The summed E-state index contributed by atoms with van der Waals surface area (Å²) >= 11 is 7.89. The predicted molar refractivity (Wildman–Crippen MR) is 196 cm³/mol. The highest BCUT2D eigenvalue weighted by Gasteiger charge is 2.68. The number of allylic oxidation sites excluding steroid dienone is 2.